The van der Waals surface area contributed by atoms with Gasteiger partial charge in [-0.05, 0) is 24.0 Å². The number of hydrogen-bond acceptors (Lipinski definition) is 1. The lowest BCUT2D eigenvalue weighted by Crippen LogP contribution is -2.05. The fraction of sp³-hybridized carbons (Fsp3) is 0.500. The van der Waals surface area contributed by atoms with Crippen LogP contribution in [-0.2, 0) is 0 Å². The fourth-order valence-electron chi connectivity index (χ4n) is 2.22. The largest absolute Gasteiger partial charge is 0.382 e. The zero-order valence-electron chi connectivity index (χ0n) is 8.98. The highest BCUT2D eigenvalue weighted by Crippen LogP contribution is 2.37. The number of rotatable bonds is 2. The predicted molar refractivity (Wildman–Crippen MR) is 57.0 cm³/mol. The Morgan fingerprint density at radius 1 is 1.40 bits per heavy atom. The van der Waals surface area contributed by atoms with E-state index in [9.17, 15) is 8.78 Å². The first kappa shape index (κ1) is 10.4. The molecule has 2 rings (SSSR count). The maximum atomic E-state index is 13.4. The van der Waals surface area contributed by atoms with Crippen LogP contribution < -0.4 is 5.32 Å². The minimum Gasteiger partial charge on any atom is -0.382 e. The predicted octanol–water partition coefficient (Wildman–Crippen LogP) is 3.52. The van der Waals surface area contributed by atoms with E-state index < -0.39 is 11.6 Å². The third kappa shape index (κ3) is 1.96. The molecule has 0 amide bonds. The maximum absolute atomic E-state index is 13.4. The Hall–Kier alpha value is -1.12. The molecule has 1 nitrogen and oxygen atoms in total. The molecule has 15 heavy (non-hydrogen) atoms. The Labute approximate surface area is 88.5 Å². The Balaban J connectivity index is 2.33. The summed E-state index contributed by atoms with van der Waals surface area (Å²) in [7, 11) is 0. The van der Waals surface area contributed by atoms with Crippen molar-refractivity contribution in [3.8, 4) is 0 Å². The lowest BCUT2D eigenvalue weighted by Gasteiger charge is -2.12. The van der Waals surface area contributed by atoms with Crippen LogP contribution in [0.25, 0.3) is 0 Å². The van der Waals surface area contributed by atoms with Crippen molar-refractivity contribution >= 4 is 5.69 Å². The Bertz CT molecular complexity index is 374. The molecule has 0 aliphatic carbocycles. The van der Waals surface area contributed by atoms with Crippen molar-refractivity contribution in [2.45, 2.75) is 26.2 Å². The standard InChI is InChI=1S/C12H15F2N/c1-7(2)3-8-6-15-12-10(8)4-9(13)5-11(12)14/h4-5,7-8,15H,3,6H2,1-2H3. The van der Waals surface area contributed by atoms with Gasteiger partial charge in [0.15, 0.2) is 0 Å². The van der Waals surface area contributed by atoms with Gasteiger partial charge in [0.2, 0.25) is 0 Å². The summed E-state index contributed by atoms with van der Waals surface area (Å²) < 4.78 is 26.4. The van der Waals surface area contributed by atoms with Crippen molar-refractivity contribution in [3.05, 3.63) is 29.3 Å². The second-order valence-electron chi connectivity index (χ2n) is 4.56. The number of fused-ring (bicyclic) bond motifs is 1. The third-order valence-corrected chi connectivity index (χ3v) is 2.81. The summed E-state index contributed by atoms with van der Waals surface area (Å²) >= 11 is 0. The molecule has 0 bridgehead atoms. The van der Waals surface area contributed by atoms with Crippen LogP contribution in [0.5, 0.6) is 0 Å². The minimum absolute atomic E-state index is 0.241. The molecule has 82 valence electrons. The van der Waals surface area contributed by atoms with Crippen LogP contribution in [0.3, 0.4) is 0 Å². The summed E-state index contributed by atoms with van der Waals surface area (Å²) in [6.07, 6.45) is 0.961. The van der Waals surface area contributed by atoms with Gasteiger partial charge in [-0.3, -0.25) is 0 Å². The molecule has 0 saturated carbocycles. The lowest BCUT2D eigenvalue weighted by atomic mass is 9.92. The van der Waals surface area contributed by atoms with Crippen LogP contribution in [0.2, 0.25) is 0 Å². The van der Waals surface area contributed by atoms with E-state index in [4.69, 9.17) is 0 Å². The van der Waals surface area contributed by atoms with E-state index in [1.165, 1.54) is 6.07 Å². The van der Waals surface area contributed by atoms with Crippen molar-refractivity contribution < 1.29 is 8.78 Å². The molecule has 1 aliphatic rings. The van der Waals surface area contributed by atoms with Gasteiger partial charge in [-0.1, -0.05) is 13.8 Å². The van der Waals surface area contributed by atoms with Crippen molar-refractivity contribution in [1.82, 2.24) is 0 Å². The van der Waals surface area contributed by atoms with Gasteiger partial charge in [-0.2, -0.15) is 0 Å². The van der Waals surface area contributed by atoms with E-state index in [0.717, 1.165) is 18.1 Å². The van der Waals surface area contributed by atoms with Crippen LogP contribution in [-0.4, -0.2) is 6.54 Å². The SMILES string of the molecule is CC(C)CC1CNc2c(F)cc(F)cc21. The molecule has 0 spiro atoms. The summed E-state index contributed by atoms with van der Waals surface area (Å²) in [4.78, 5) is 0. The van der Waals surface area contributed by atoms with E-state index in [2.05, 4.69) is 19.2 Å². The second-order valence-corrected chi connectivity index (χ2v) is 4.56. The molecule has 0 radical (unpaired) electrons. The summed E-state index contributed by atoms with van der Waals surface area (Å²) in [5.74, 6) is -0.181. The topological polar surface area (TPSA) is 12.0 Å². The van der Waals surface area contributed by atoms with E-state index in [-0.39, 0.29) is 5.92 Å². The minimum atomic E-state index is -0.483. The van der Waals surface area contributed by atoms with Gasteiger partial charge in [-0.15, -0.1) is 0 Å². The van der Waals surface area contributed by atoms with Crippen LogP contribution >= 0.6 is 0 Å². The van der Waals surface area contributed by atoms with Gasteiger partial charge >= 0.3 is 0 Å². The molecule has 1 unspecified atom stereocenters. The van der Waals surface area contributed by atoms with Crippen molar-refractivity contribution in [2.75, 3.05) is 11.9 Å². The molecule has 0 aromatic heterocycles. The quantitative estimate of drug-likeness (QED) is 0.789. The van der Waals surface area contributed by atoms with Gasteiger partial charge in [0.05, 0.1) is 5.69 Å². The molecular formula is C12H15F2N. The van der Waals surface area contributed by atoms with Crippen LogP contribution in [0, 0.1) is 17.6 Å². The van der Waals surface area contributed by atoms with E-state index in [1.807, 2.05) is 0 Å². The lowest BCUT2D eigenvalue weighted by molar-refractivity contribution is 0.519. The Kier molecular flexibility index (Phi) is 2.63. The summed E-state index contributed by atoms with van der Waals surface area (Å²) in [6, 6.07) is 2.38. The zero-order chi connectivity index (χ0) is 11.0. The molecule has 1 aromatic rings. The van der Waals surface area contributed by atoms with Crippen LogP contribution in [0.4, 0.5) is 14.5 Å². The third-order valence-electron chi connectivity index (χ3n) is 2.81. The second kappa shape index (κ2) is 3.80. The molecular weight excluding hydrogens is 196 g/mol. The number of nitrogens with one attached hydrogen (secondary N) is 1. The maximum Gasteiger partial charge on any atom is 0.149 e. The normalized spacial score (nSPS) is 19.1. The molecule has 1 aliphatic heterocycles. The van der Waals surface area contributed by atoms with Crippen LogP contribution in [0.1, 0.15) is 31.7 Å². The van der Waals surface area contributed by atoms with Crippen molar-refractivity contribution in [1.29, 1.82) is 0 Å². The van der Waals surface area contributed by atoms with Crippen molar-refractivity contribution in [3.63, 3.8) is 0 Å². The average Bonchev–Trinajstić information content (AvgIpc) is 2.48. The monoisotopic (exact) mass is 211 g/mol. The van der Waals surface area contributed by atoms with Gasteiger partial charge in [-0.25, -0.2) is 8.78 Å². The highest BCUT2D eigenvalue weighted by atomic mass is 19.1. The number of halogens is 2. The molecule has 1 aromatic carbocycles. The summed E-state index contributed by atoms with van der Waals surface area (Å²) in [5.41, 5.74) is 1.28. The fourth-order valence-corrected chi connectivity index (χ4v) is 2.22. The molecule has 0 saturated heterocycles. The number of benzene rings is 1. The van der Waals surface area contributed by atoms with Gasteiger partial charge in [0, 0.05) is 18.5 Å². The Morgan fingerprint density at radius 3 is 2.80 bits per heavy atom. The number of anilines is 1. The molecule has 1 atom stereocenters. The first-order chi connectivity index (χ1) is 7.08. The first-order valence-electron chi connectivity index (χ1n) is 5.30. The zero-order valence-corrected chi connectivity index (χ0v) is 8.98. The number of hydrogen-bond donors (Lipinski definition) is 1. The Morgan fingerprint density at radius 2 is 2.13 bits per heavy atom. The highest BCUT2D eigenvalue weighted by molar-refractivity contribution is 5.58. The average molecular weight is 211 g/mol. The van der Waals surface area contributed by atoms with Gasteiger partial charge in [0.1, 0.15) is 11.6 Å². The van der Waals surface area contributed by atoms with Gasteiger partial charge in [0.25, 0.3) is 0 Å². The van der Waals surface area contributed by atoms with Crippen molar-refractivity contribution in [2.24, 2.45) is 5.92 Å². The summed E-state index contributed by atoms with van der Waals surface area (Å²) in [6.45, 7) is 4.95. The first-order valence-corrected chi connectivity index (χ1v) is 5.30. The molecule has 3 heteroatoms. The molecule has 1 N–H and O–H groups in total. The summed E-state index contributed by atoms with van der Waals surface area (Å²) in [5, 5.41) is 3.01. The molecule has 0 fully saturated rings. The van der Waals surface area contributed by atoms with E-state index >= 15 is 0 Å². The van der Waals surface area contributed by atoms with E-state index in [0.29, 0.717) is 18.2 Å². The smallest absolute Gasteiger partial charge is 0.149 e. The highest BCUT2D eigenvalue weighted by Gasteiger charge is 2.26. The van der Waals surface area contributed by atoms with Gasteiger partial charge < -0.3 is 5.32 Å². The van der Waals surface area contributed by atoms with Crippen LogP contribution in [0.15, 0.2) is 12.1 Å². The molecule has 1 heterocycles. The van der Waals surface area contributed by atoms with E-state index in [1.54, 1.807) is 0 Å².